The van der Waals surface area contributed by atoms with Gasteiger partial charge in [0.25, 0.3) is 5.91 Å². The van der Waals surface area contributed by atoms with Gasteiger partial charge in [-0.2, -0.15) is 5.26 Å². The van der Waals surface area contributed by atoms with Gasteiger partial charge in [0.1, 0.15) is 17.3 Å². The van der Waals surface area contributed by atoms with Gasteiger partial charge in [-0.05, 0) is 42.8 Å². The fourth-order valence-corrected chi connectivity index (χ4v) is 2.42. The number of rotatable bonds is 4. The molecule has 0 atom stereocenters. The van der Waals surface area contributed by atoms with Crippen LogP contribution in [0.1, 0.15) is 27.4 Å². The predicted molar refractivity (Wildman–Crippen MR) is 92.3 cm³/mol. The Morgan fingerprint density at radius 2 is 2.08 bits per heavy atom. The van der Waals surface area contributed by atoms with Crippen LogP contribution in [0.3, 0.4) is 0 Å². The maximum atomic E-state index is 12.0. The third-order valence-electron chi connectivity index (χ3n) is 3.69. The Hall–Kier alpha value is -3.33. The molecule has 3 aromatic rings. The van der Waals surface area contributed by atoms with Crippen molar-refractivity contribution in [1.29, 1.82) is 5.26 Å². The SMILES string of the molecule is Cc1ccc(OCc2nc3ccc(C(=O)N(C)C)cc3o2)c(C#N)c1. The second-order valence-corrected chi connectivity index (χ2v) is 5.89. The van der Waals surface area contributed by atoms with Gasteiger partial charge in [0, 0.05) is 19.7 Å². The number of carbonyl (C=O) groups excluding carboxylic acids is 1. The second-order valence-electron chi connectivity index (χ2n) is 5.89. The Morgan fingerprint density at radius 3 is 2.80 bits per heavy atom. The van der Waals surface area contributed by atoms with E-state index < -0.39 is 0 Å². The van der Waals surface area contributed by atoms with Gasteiger partial charge in [0.2, 0.25) is 5.89 Å². The van der Waals surface area contributed by atoms with E-state index >= 15 is 0 Å². The minimum absolute atomic E-state index is 0.101. The molecule has 3 rings (SSSR count). The molecule has 6 heteroatoms. The number of amides is 1. The van der Waals surface area contributed by atoms with E-state index in [-0.39, 0.29) is 12.5 Å². The Kier molecular flexibility index (Phi) is 4.40. The Balaban J connectivity index is 1.81. The number of benzene rings is 2. The number of ether oxygens (including phenoxy) is 1. The summed E-state index contributed by atoms with van der Waals surface area (Å²) in [5.41, 5.74) is 3.17. The Bertz CT molecular complexity index is 983. The molecule has 0 fully saturated rings. The maximum absolute atomic E-state index is 12.0. The van der Waals surface area contributed by atoms with Crippen LogP contribution in [-0.2, 0) is 6.61 Å². The van der Waals surface area contributed by atoms with Crippen LogP contribution in [0.25, 0.3) is 11.1 Å². The molecule has 25 heavy (non-hydrogen) atoms. The molecule has 0 spiro atoms. The summed E-state index contributed by atoms with van der Waals surface area (Å²) in [6, 6.07) is 12.6. The first kappa shape index (κ1) is 16.5. The van der Waals surface area contributed by atoms with Crippen molar-refractivity contribution in [2.75, 3.05) is 14.1 Å². The molecule has 0 saturated carbocycles. The lowest BCUT2D eigenvalue weighted by Crippen LogP contribution is -2.21. The van der Waals surface area contributed by atoms with Crippen LogP contribution in [0.4, 0.5) is 0 Å². The summed E-state index contributed by atoms with van der Waals surface area (Å²) in [4.78, 5) is 17.9. The highest BCUT2D eigenvalue weighted by molar-refractivity contribution is 5.96. The fourth-order valence-electron chi connectivity index (χ4n) is 2.42. The molecule has 1 heterocycles. The van der Waals surface area contributed by atoms with Crippen molar-refractivity contribution in [2.24, 2.45) is 0 Å². The van der Waals surface area contributed by atoms with Gasteiger partial charge in [0.15, 0.2) is 12.2 Å². The van der Waals surface area contributed by atoms with Crippen LogP contribution in [0.15, 0.2) is 40.8 Å². The van der Waals surface area contributed by atoms with Crippen molar-refractivity contribution < 1.29 is 13.9 Å². The van der Waals surface area contributed by atoms with Gasteiger partial charge in [-0.15, -0.1) is 0 Å². The van der Waals surface area contributed by atoms with E-state index in [0.29, 0.717) is 33.9 Å². The van der Waals surface area contributed by atoms with Crippen LogP contribution in [0.5, 0.6) is 5.75 Å². The van der Waals surface area contributed by atoms with E-state index in [0.717, 1.165) is 5.56 Å². The number of carbonyl (C=O) groups is 1. The zero-order chi connectivity index (χ0) is 18.0. The molecule has 0 bridgehead atoms. The highest BCUT2D eigenvalue weighted by Gasteiger charge is 2.13. The molecule has 0 aliphatic heterocycles. The molecule has 0 aliphatic carbocycles. The fraction of sp³-hybridized carbons (Fsp3) is 0.211. The molecule has 126 valence electrons. The van der Waals surface area contributed by atoms with Crippen LogP contribution in [-0.4, -0.2) is 29.9 Å². The maximum Gasteiger partial charge on any atom is 0.253 e. The zero-order valence-corrected chi connectivity index (χ0v) is 14.2. The van der Waals surface area contributed by atoms with Gasteiger partial charge in [-0.3, -0.25) is 4.79 Å². The monoisotopic (exact) mass is 335 g/mol. The average Bonchev–Trinajstić information content (AvgIpc) is 3.01. The number of nitriles is 1. The van der Waals surface area contributed by atoms with E-state index in [4.69, 9.17) is 9.15 Å². The van der Waals surface area contributed by atoms with E-state index in [2.05, 4.69) is 11.1 Å². The lowest BCUT2D eigenvalue weighted by Gasteiger charge is -2.09. The number of oxazole rings is 1. The van der Waals surface area contributed by atoms with Gasteiger partial charge < -0.3 is 14.1 Å². The molecule has 0 saturated heterocycles. The van der Waals surface area contributed by atoms with E-state index in [9.17, 15) is 10.1 Å². The van der Waals surface area contributed by atoms with Crippen LogP contribution < -0.4 is 4.74 Å². The first-order chi connectivity index (χ1) is 12.0. The molecule has 1 aromatic heterocycles. The topological polar surface area (TPSA) is 79.4 Å². The number of aryl methyl sites for hydroxylation is 1. The molecule has 6 nitrogen and oxygen atoms in total. The van der Waals surface area contributed by atoms with E-state index in [1.807, 2.05) is 13.0 Å². The summed E-state index contributed by atoms with van der Waals surface area (Å²) < 4.78 is 11.3. The molecular formula is C19H17N3O3. The molecule has 0 radical (unpaired) electrons. The quantitative estimate of drug-likeness (QED) is 0.731. The summed E-state index contributed by atoms with van der Waals surface area (Å²) in [7, 11) is 3.39. The van der Waals surface area contributed by atoms with Crippen LogP contribution in [0, 0.1) is 18.3 Å². The van der Waals surface area contributed by atoms with Gasteiger partial charge in [-0.25, -0.2) is 4.98 Å². The van der Waals surface area contributed by atoms with E-state index in [1.54, 1.807) is 44.4 Å². The molecule has 0 unspecified atom stereocenters. The standard InChI is InChI=1S/C19H17N3O3/c1-12-4-7-16(14(8-12)10-20)24-11-18-21-15-6-5-13(9-17(15)25-18)19(23)22(2)3/h4-9H,11H2,1-3H3. The number of hydrogen-bond donors (Lipinski definition) is 0. The lowest BCUT2D eigenvalue weighted by atomic mass is 10.1. The molecule has 0 aliphatic rings. The highest BCUT2D eigenvalue weighted by Crippen LogP contribution is 2.22. The Labute approximate surface area is 145 Å². The van der Waals surface area contributed by atoms with Crippen molar-refractivity contribution in [1.82, 2.24) is 9.88 Å². The lowest BCUT2D eigenvalue weighted by molar-refractivity contribution is 0.0827. The first-order valence-corrected chi connectivity index (χ1v) is 7.72. The highest BCUT2D eigenvalue weighted by atomic mass is 16.5. The summed E-state index contributed by atoms with van der Waals surface area (Å²) in [6.45, 7) is 2.02. The molecule has 1 amide bonds. The van der Waals surface area contributed by atoms with Crippen molar-refractivity contribution >= 4 is 17.0 Å². The average molecular weight is 335 g/mol. The smallest absolute Gasteiger partial charge is 0.253 e. The number of fused-ring (bicyclic) bond motifs is 1. The van der Waals surface area contributed by atoms with Crippen molar-refractivity contribution in [3.8, 4) is 11.8 Å². The third kappa shape index (κ3) is 3.45. The third-order valence-corrected chi connectivity index (χ3v) is 3.69. The van der Waals surface area contributed by atoms with Crippen LogP contribution in [0.2, 0.25) is 0 Å². The minimum atomic E-state index is -0.102. The van der Waals surface area contributed by atoms with Crippen molar-refractivity contribution in [2.45, 2.75) is 13.5 Å². The second kappa shape index (κ2) is 6.65. The number of aromatic nitrogens is 1. The number of nitrogens with zero attached hydrogens (tertiary/aromatic N) is 3. The largest absolute Gasteiger partial charge is 0.482 e. The molecule has 2 aromatic carbocycles. The van der Waals surface area contributed by atoms with E-state index in [1.165, 1.54) is 4.90 Å². The number of hydrogen-bond acceptors (Lipinski definition) is 5. The van der Waals surface area contributed by atoms with Crippen molar-refractivity contribution in [3.05, 3.63) is 59.0 Å². The molecular weight excluding hydrogens is 318 g/mol. The Morgan fingerprint density at radius 1 is 1.28 bits per heavy atom. The van der Waals surface area contributed by atoms with Crippen molar-refractivity contribution in [3.63, 3.8) is 0 Å². The van der Waals surface area contributed by atoms with Gasteiger partial charge >= 0.3 is 0 Å². The van der Waals surface area contributed by atoms with Crippen LogP contribution >= 0.6 is 0 Å². The summed E-state index contributed by atoms with van der Waals surface area (Å²) >= 11 is 0. The normalized spacial score (nSPS) is 10.5. The zero-order valence-electron chi connectivity index (χ0n) is 14.2. The molecule has 0 N–H and O–H groups in total. The summed E-state index contributed by atoms with van der Waals surface area (Å²) in [6.07, 6.45) is 0. The first-order valence-electron chi connectivity index (χ1n) is 7.72. The minimum Gasteiger partial charge on any atom is -0.482 e. The van der Waals surface area contributed by atoms with Gasteiger partial charge in [0.05, 0.1) is 5.56 Å². The summed E-state index contributed by atoms with van der Waals surface area (Å²) in [5, 5.41) is 9.18. The summed E-state index contributed by atoms with van der Waals surface area (Å²) in [5.74, 6) is 0.766. The predicted octanol–water partition coefficient (Wildman–Crippen LogP) is 3.29. The van der Waals surface area contributed by atoms with Gasteiger partial charge in [-0.1, -0.05) is 6.07 Å².